The summed E-state index contributed by atoms with van der Waals surface area (Å²) >= 11 is 3.33. The second-order valence-electron chi connectivity index (χ2n) is 5.56. The fourth-order valence-corrected chi connectivity index (χ4v) is 4.42. The Morgan fingerprint density at radius 2 is 1.88 bits per heavy atom. The number of thioether (sulfide) groups is 1. The van der Waals surface area contributed by atoms with Crippen LogP contribution in [0.25, 0.3) is 22.1 Å². The lowest BCUT2D eigenvalue weighted by atomic mass is 10.2. The summed E-state index contributed by atoms with van der Waals surface area (Å²) in [6, 6.07) is 16.1. The molecule has 4 rings (SSSR count). The highest BCUT2D eigenvalue weighted by atomic mass is 32.2. The molecule has 0 aliphatic heterocycles. The Labute approximate surface area is 160 Å². The Hall–Kier alpha value is -2.51. The first kappa shape index (κ1) is 16.9. The molecule has 0 fully saturated rings. The van der Waals surface area contributed by atoms with Crippen molar-refractivity contribution in [1.82, 2.24) is 24.7 Å². The topological polar surface area (TPSA) is 56.5 Å². The maximum atomic E-state index is 4.74. The van der Waals surface area contributed by atoms with E-state index in [0.29, 0.717) is 0 Å². The van der Waals surface area contributed by atoms with Gasteiger partial charge in [-0.3, -0.25) is 4.98 Å². The van der Waals surface area contributed by atoms with Gasteiger partial charge < -0.3 is 4.57 Å². The SMILES string of the molecule is CCn1c(SCc2csc(-c3ccccc3)n2)nnc1-c1ccccn1. The number of nitrogens with zero attached hydrogens (tertiary/aromatic N) is 5. The van der Waals surface area contributed by atoms with Gasteiger partial charge in [-0.2, -0.15) is 0 Å². The standard InChI is InChI=1S/C19H17N5S2/c1-2-24-17(16-10-6-7-11-20-16)22-23-19(24)26-13-15-12-25-18(21-15)14-8-4-3-5-9-14/h3-12H,2,13H2,1H3. The summed E-state index contributed by atoms with van der Waals surface area (Å²) in [4.78, 5) is 9.13. The number of hydrogen-bond donors (Lipinski definition) is 0. The third-order valence-corrected chi connectivity index (χ3v) is 5.79. The van der Waals surface area contributed by atoms with Crippen LogP contribution in [-0.2, 0) is 12.3 Å². The highest BCUT2D eigenvalue weighted by molar-refractivity contribution is 7.98. The van der Waals surface area contributed by atoms with Crippen molar-refractivity contribution in [2.24, 2.45) is 0 Å². The molecule has 130 valence electrons. The predicted octanol–water partition coefficient (Wildman–Crippen LogP) is 4.78. The Bertz CT molecular complexity index is 980. The molecule has 0 radical (unpaired) electrons. The molecule has 3 aromatic heterocycles. The highest BCUT2D eigenvalue weighted by Crippen LogP contribution is 2.28. The second-order valence-corrected chi connectivity index (χ2v) is 7.36. The first-order valence-corrected chi connectivity index (χ1v) is 10.2. The van der Waals surface area contributed by atoms with E-state index in [9.17, 15) is 0 Å². The van der Waals surface area contributed by atoms with Gasteiger partial charge in [0, 0.05) is 29.4 Å². The number of aromatic nitrogens is 5. The maximum absolute atomic E-state index is 4.74. The molecule has 0 N–H and O–H groups in total. The van der Waals surface area contributed by atoms with Crippen molar-refractivity contribution in [3.8, 4) is 22.1 Å². The summed E-state index contributed by atoms with van der Waals surface area (Å²) in [6.45, 7) is 2.89. The zero-order chi connectivity index (χ0) is 17.8. The summed E-state index contributed by atoms with van der Waals surface area (Å²) in [5, 5.41) is 12.7. The molecule has 3 heterocycles. The first-order chi connectivity index (χ1) is 12.8. The molecule has 0 aliphatic carbocycles. The van der Waals surface area contributed by atoms with E-state index < -0.39 is 0 Å². The van der Waals surface area contributed by atoms with E-state index in [1.54, 1.807) is 29.3 Å². The minimum atomic E-state index is 0.768. The molecular formula is C19H17N5S2. The van der Waals surface area contributed by atoms with Gasteiger partial charge >= 0.3 is 0 Å². The first-order valence-electron chi connectivity index (χ1n) is 8.32. The molecule has 7 heteroatoms. The minimum Gasteiger partial charge on any atom is -0.301 e. The molecule has 26 heavy (non-hydrogen) atoms. The average Bonchev–Trinajstić information content (AvgIpc) is 3.34. The molecule has 0 atom stereocenters. The number of rotatable bonds is 6. The minimum absolute atomic E-state index is 0.768. The summed E-state index contributed by atoms with van der Waals surface area (Å²) in [5.41, 5.74) is 3.06. The number of pyridine rings is 1. The lowest BCUT2D eigenvalue weighted by Crippen LogP contribution is -2.00. The molecule has 5 nitrogen and oxygen atoms in total. The Kier molecular flexibility index (Phi) is 5.08. The molecule has 1 aromatic carbocycles. The third kappa shape index (κ3) is 3.54. The van der Waals surface area contributed by atoms with Gasteiger partial charge in [0.15, 0.2) is 11.0 Å². The average molecular weight is 380 g/mol. The number of benzene rings is 1. The van der Waals surface area contributed by atoms with Crippen molar-refractivity contribution < 1.29 is 0 Å². The van der Waals surface area contributed by atoms with Crippen LogP contribution in [0.2, 0.25) is 0 Å². The van der Waals surface area contributed by atoms with E-state index in [2.05, 4.69) is 44.2 Å². The van der Waals surface area contributed by atoms with Gasteiger partial charge in [0.1, 0.15) is 10.7 Å². The van der Waals surface area contributed by atoms with Gasteiger partial charge in [0.05, 0.1) is 5.69 Å². The summed E-state index contributed by atoms with van der Waals surface area (Å²) in [6.07, 6.45) is 1.78. The van der Waals surface area contributed by atoms with Gasteiger partial charge in [0.2, 0.25) is 0 Å². The van der Waals surface area contributed by atoms with E-state index >= 15 is 0 Å². The van der Waals surface area contributed by atoms with Gasteiger partial charge in [-0.15, -0.1) is 21.5 Å². The lowest BCUT2D eigenvalue weighted by Gasteiger charge is -2.06. The maximum Gasteiger partial charge on any atom is 0.191 e. The van der Waals surface area contributed by atoms with Crippen LogP contribution in [0.4, 0.5) is 0 Å². The van der Waals surface area contributed by atoms with E-state index in [0.717, 1.165) is 45.2 Å². The van der Waals surface area contributed by atoms with E-state index in [1.807, 2.05) is 36.4 Å². The monoisotopic (exact) mass is 379 g/mol. The quantitative estimate of drug-likeness (QED) is 0.451. The van der Waals surface area contributed by atoms with Crippen molar-refractivity contribution in [1.29, 1.82) is 0 Å². The van der Waals surface area contributed by atoms with Crippen LogP contribution < -0.4 is 0 Å². The van der Waals surface area contributed by atoms with Crippen molar-refractivity contribution >= 4 is 23.1 Å². The molecule has 0 bridgehead atoms. The number of hydrogen-bond acceptors (Lipinski definition) is 6. The Morgan fingerprint density at radius 1 is 1.04 bits per heavy atom. The molecule has 0 saturated heterocycles. The van der Waals surface area contributed by atoms with Crippen LogP contribution in [0.15, 0.2) is 65.3 Å². The smallest absolute Gasteiger partial charge is 0.191 e. The molecule has 0 unspecified atom stereocenters. The van der Waals surface area contributed by atoms with E-state index in [1.165, 1.54) is 0 Å². The van der Waals surface area contributed by atoms with Crippen molar-refractivity contribution in [3.63, 3.8) is 0 Å². The van der Waals surface area contributed by atoms with E-state index in [4.69, 9.17) is 4.98 Å². The van der Waals surface area contributed by atoms with E-state index in [-0.39, 0.29) is 0 Å². The van der Waals surface area contributed by atoms with Crippen LogP contribution in [0.5, 0.6) is 0 Å². The fraction of sp³-hybridized carbons (Fsp3) is 0.158. The van der Waals surface area contributed by atoms with Crippen LogP contribution in [0, 0.1) is 0 Å². The van der Waals surface area contributed by atoms with Crippen molar-refractivity contribution in [3.05, 3.63) is 65.8 Å². The van der Waals surface area contributed by atoms with Crippen molar-refractivity contribution in [2.75, 3.05) is 0 Å². The van der Waals surface area contributed by atoms with Crippen LogP contribution in [-0.4, -0.2) is 24.7 Å². The Morgan fingerprint density at radius 3 is 2.65 bits per heavy atom. The predicted molar refractivity (Wildman–Crippen MR) is 106 cm³/mol. The molecule has 0 amide bonds. The molecule has 0 spiro atoms. The van der Waals surface area contributed by atoms with Crippen LogP contribution in [0.3, 0.4) is 0 Å². The van der Waals surface area contributed by atoms with Gasteiger partial charge in [-0.05, 0) is 19.1 Å². The summed E-state index contributed by atoms with van der Waals surface area (Å²) in [5.74, 6) is 1.57. The summed E-state index contributed by atoms with van der Waals surface area (Å²) in [7, 11) is 0. The fourth-order valence-electron chi connectivity index (χ4n) is 2.59. The van der Waals surface area contributed by atoms with Gasteiger partial charge in [-0.25, -0.2) is 4.98 Å². The normalized spacial score (nSPS) is 11.0. The Balaban J connectivity index is 1.50. The molecule has 0 aliphatic rings. The van der Waals surface area contributed by atoms with Crippen molar-refractivity contribution in [2.45, 2.75) is 24.4 Å². The zero-order valence-corrected chi connectivity index (χ0v) is 15.9. The third-order valence-electron chi connectivity index (χ3n) is 3.85. The largest absolute Gasteiger partial charge is 0.301 e. The molecule has 0 saturated carbocycles. The summed E-state index contributed by atoms with van der Waals surface area (Å²) < 4.78 is 2.09. The molecule has 4 aromatic rings. The van der Waals surface area contributed by atoms with Crippen LogP contribution >= 0.6 is 23.1 Å². The zero-order valence-electron chi connectivity index (χ0n) is 14.2. The second kappa shape index (κ2) is 7.80. The van der Waals surface area contributed by atoms with Gasteiger partial charge in [0.25, 0.3) is 0 Å². The highest BCUT2D eigenvalue weighted by Gasteiger charge is 2.14. The lowest BCUT2D eigenvalue weighted by molar-refractivity contribution is 0.686. The molecular weight excluding hydrogens is 362 g/mol. The number of thiazole rings is 1. The van der Waals surface area contributed by atoms with Gasteiger partial charge in [-0.1, -0.05) is 48.2 Å². The van der Waals surface area contributed by atoms with Crippen LogP contribution in [0.1, 0.15) is 12.6 Å².